The van der Waals surface area contributed by atoms with Crippen LogP contribution in [0.3, 0.4) is 0 Å². The smallest absolute Gasteiger partial charge is 0.261 e. The number of hydrogen-bond acceptors (Lipinski definition) is 2. The van der Waals surface area contributed by atoms with E-state index in [1.165, 1.54) is 5.56 Å². The summed E-state index contributed by atoms with van der Waals surface area (Å²) in [6, 6.07) is 12.1. The molecule has 0 unspecified atom stereocenters. The minimum atomic E-state index is 0.0111. The van der Waals surface area contributed by atoms with Gasteiger partial charge in [-0.2, -0.15) is 0 Å². The Bertz CT molecular complexity index is 870. The lowest BCUT2D eigenvalue weighted by Crippen LogP contribution is -2.21. The van der Waals surface area contributed by atoms with E-state index in [1.807, 2.05) is 24.3 Å². The molecule has 0 N–H and O–H groups in total. The Labute approximate surface area is 149 Å². The summed E-state index contributed by atoms with van der Waals surface area (Å²) in [5, 5.41) is 0.681. The summed E-state index contributed by atoms with van der Waals surface area (Å²) >= 11 is 4.45. The number of hydrogen-bond donors (Lipinski definition) is 0. The Kier molecular flexibility index (Phi) is 4.30. The third kappa shape index (κ3) is 3.13. The fourth-order valence-corrected chi connectivity index (χ4v) is 4.18. The van der Waals surface area contributed by atoms with Crippen LogP contribution in [0.5, 0.6) is 0 Å². The second kappa shape index (κ2) is 6.04. The van der Waals surface area contributed by atoms with Crippen molar-refractivity contribution in [3.05, 3.63) is 71.3 Å². The van der Waals surface area contributed by atoms with Crippen molar-refractivity contribution < 1.29 is 0 Å². The summed E-state index contributed by atoms with van der Waals surface area (Å²) < 4.78 is 3.73. The quantitative estimate of drug-likeness (QED) is 0.498. The van der Waals surface area contributed by atoms with Crippen LogP contribution in [0.2, 0.25) is 0 Å². The molecule has 0 amide bonds. The van der Waals surface area contributed by atoms with E-state index < -0.39 is 0 Å². The second-order valence-electron chi connectivity index (χ2n) is 4.95. The van der Waals surface area contributed by atoms with Gasteiger partial charge in [-0.3, -0.25) is 9.36 Å². The van der Waals surface area contributed by atoms with Crippen molar-refractivity contribution in [1.29, 1.82) is 0 Å². The van der Waals surface area contributed by atoms with Crippen molar-refractivity contribution in [3.8, 4) is 0 Å². The average Bonchev–Trinajstić information content (AvgIpc) is 2.45. The van der Waals surface area contributed by atoms with Crippen LogP contribution in [0.4, 0.5) is 0 Å². The average molecular weight is 502 g/mol. The molecule has 0 radical (unpaired) electrons. The maximum atomic E-state index is 12.6. The third-order valence-electron chi connectivity index (χ3n) is 3.32. The predicted molar refractivity (Wildman–Crippen MR) is 102 cm³/mol. The van der Waals surface area contributed by atoms with Crippen molar-refractivity contribution in [1.82, 2.24) is 9.55 Å². The van der Waals surface area contributed by atoms with E-state index in [1.54, 1.807) is 10.9 Å². The molecule has 3 rings (SSSR count). The molecule has 3 aromatic rings. The van der Waals surface area contributed by atoms with E-state index in [0.29, 0.717) is 11.9 Å². The van der Waals surface area contributed by atoms with Gasteiger partial charge in [-0.1, -0.05) is 29.8 Å². The van der Waals surface area contributed by atoms with Gasteiger partial charge in [-0.15, -0.1) is 0 Å². The van der Waals surface area contributed by atoms with Crippen LogP contribution in [0, 0.1) is 14.1 Å². The van der Waals surface area contributed by atoms with E-state index in [9.17, 15) is 4.79 Å². The zero-order valence-corrected chi connectivity index (χ0v) is 15.6. The molecule has 0 aliphatic rings. The fraction of sp³-hybridized carbons (Fsp3) is 0.125. The Balaban J connectivity index is 2.10. The number of fused-ring (bicyclic) bond motifs is 1. The van der Waals surface area contributed by atoms with Gasteiger partial charge in [0.25, 0.3) is 5.56 Å². The summed E-state index contributed by atoms with van der Waals surface area (Å²) in [6.07, 6.45) is 1.64. The zero-order chi connectivity index (χ0) is 15.0. The SMILES string of the molecule is Cc1ccc(Cn2cnc3c(I)cc(I)cc3c2=O)cc1. The van der Waals surface area contributed by atoms with E-state index >= 15 is 0 Å². The molecule has 0 saturated heterocycles. The van der Waals surface area contributed by atoms with Gasteiger partial charge in [-0.05, 0) is 69.8 Å². The van der Waals surface area contributed by atoms with E-state index in [2.05, 4.69) is 69.2 Å². The molecule has 5 heteroatoms. The monoisotopic (exact) mass is 502 g/mol. The van der Waals surface area contributed by atoms with Crippen molar-refractivity contribution >= 4 is 56.1 Å². The molecule has 106 valence electrons. The molecule has 21 heavy (non-hydrogen) atoms. The summed E-state index contributed by atoms with van der Waals surface area (Å²) in [5.74, 6) is 0. The van der Waals surface area contributed by atoms with Crippen LogP contribution >= 0.6 is 45.2 Å². The van der Waals surface area contributed by atoms with E-state index in [4.69, 9.17) is 0 Å². The van der Waals surface area contributed by atoms with Crippen LogP contribution in [0.15, 0.2) is 47.5 Å². The summed E-state index contributed by atoms with van der Waals surface area (Å²) in [5.41, 5.74) is 3.11. The highest BCUT2D eigenvalue weighted by atomic mass is 127. The number of benzene rings is 2. The lowest BCUT2D eigenvalue weighted by Gasteiger charge is -2.08. The molecule has 1 aromatic heterocycles. The number of nitrogens with zero attached hydrogens (tertiary/aromatic N) is 2. The van der Waals surface area contributed by atoms with Crippen molar-refractivity contribution in [2.24, 2.45) is 0 Å². The van der Waals surface area contributed by atoms with Gasteiger partial charge < -0.3 is 0 Å². The van der Waals surface area contributed by atoms with Gasteiger partial charge in [0.05, 0.1) is 23.8 Å². The first-order valence-corrected chi connectivity index (χ1v) is 8.60. The molecule has 0 atom stereocenters. The van der Waals surface area contributed by atoms with Gasteiger partial charge in [0, 0.05) is 7.14 Å². The predicted octanol–water partition coefficient (Wildman–Crippen LogP) is 3.96. The Morgan fingerprint density at radius 1 is 1.14 bits per heavy atom. The third-order valence-corrected chi connectivity index (χ3v) is 4.76. The number of halogens is 2. The molecule has 2 aromatic carbocycles. The Morgan fingerprint density at radius 3 is 2.57 bits per heavy atom. The van der Waals surface area contributed by atoms with E-state index in [-0.39, 0.29) is 5.56 Å². The van der Waals surface area contributed by atoms with Gasteiger partial charge in [0.2, 0.25) is 0 Å². The van der Waals surface area contributed by atoms with Gasteiger partial charge in [0.1, 0.15) is 0 Å². The molecule has 0 fully saturated rings. The lowest BCUT2D eigenvalue weighted by molar-refractivity contribution is 0.748. The Hall–Kier alpha value is -0.960. The van der Waals surface area contributed by atoms with Crippen LogP contribution in [0.1, 0.15) is 11.1 Å². The number of rotatable bonds is 2. The van der Waals surface area contributed by atoms with Crippen molar-refractivity contribution in [2.45, 2.75) is 13.5 Å². The first-order chi connectivity index (χ1) is 10.0. The van der Waals surface area contributed by atoms with Gasteiger partial charge >= 0.3 is 0 Å². The molecule has 0 spiro atoms. The largest absolute Gasteiger partial charge is 0.294 e. The highest BCUT2D eigenvalue weighted by Crippen LogP contribution is 2.19. The minimum Gasteiger partial charge on any atom is -0.294 e. The van der Waals surface area contributed by atoms with Crippen molar-refractivity contribution in [3.63, 3.8) is 0 Å². The highest BCUT2D eigenvalue weighted by Gasteiger charge is 2.08. The van der Waals surface area contributed by atoms with Crippen LogP contribution in [0.25, 0.3) is 10.9 Å². The molecule has 0 bridgehead atoms. The van der Waals surface area contributed by atoms with Crippen LogP contribution in [-0.2, 0) is 6.54 Å². The summed E-state index contributed by atoms with van der Waals surface area (Å²) in [7, 11) is 0. The normalized spacial score (nSPS) is 11.0. The molecule has 0 aliphatic carbocycles. The van der Waals surface area contributed by atoms with Crippen molar-refractivity contribution in [2.75, 3.05) is 0 Å². The molecule has 3 nitrogen and oxygen atoms in total. The molecule has 1 heterocycles. The maximum Gasteiger partial charge on any atom is 0.261 e. The molecule has 0 saturated carbocycles. The molecular weight excluding hydrogens is 490 g/mol. The number of aryl methyl sites for hydroxylation is 1. The first kappa shape index (κ1) is 15.0. The van der Waals surface area contributed by atoms with Crippen LogP contribution < -0.4 is 5.56 Å². The van der Waals surface area contributed by atoms with Crippen LogP contribution in [-0.4, -0.2) is 9.55 Å². The number of aromatic nitrogens is 2. The standard InChI is InChI=1S/C16H12I2N2O/c1-10-2-4-11(5-3-10)8-20-9-19-15-13(16(20)21)6-12(17)7-14(15)18/h2-7,9H,8H2,1H3. The Morgan fingerprint density at radius 2 is 1.86 bits per heavy atom. The molecular formula is C16H12I2N2O. The fourth-order valence-electron chi connectivity index (χ4n) is 2.20. The van der Waals surface area contributed by atoms with E-state index in [0.717, 1.165) is 18.2 Å². The minimum absolute atomic E-state index is 0.0111. The first-order valence-electron chi connectivity index (χ1n) is 6.44. The highest BCUT2D eigenvalue weighted by molar-refractivity contribution is 14.1. The summed E-state index contributed by atoms with van der Waals surface area (Å²) in [6.45, 7) is 2.60. The lowest BCUT2D eigenvalue weighted by atomic mass is 10.1. The zero-order valence-electron chi connectivity index (χ0n) is 11.3. The second-order valence-corrected chi connectivity index (χ2v) is 7.35. The maximum absolute atomic E-state index is 12.6. The topological polar surface area (TPSA) is 34.9 Å². The van der Waals surface area contributed by atoms with Gasteiger partial charge in [0.15, 0.2) is 0 Å². The van der Waals surface area contributed by atoms with Gasteiger partial charge in [-0.25, -0.2) is 4.98 Å². The summed E-state index contributed by atoms with van der Waals surface area (Å²) in [4.78, 5) is 17.1. The molecule has 0 aliphatic heterocycles.